The van der Waals surface area contributed by atoms with Gasteiger partial charge in [-0.3, -0.25) is 4.90 Å². The number of nitrogens with zero attached hydrogens (tertiary/aromatic N) is 1. The Kier molecular flexibility index (Phi) is 2.72. The Hall–Kier alpha value is -1.35. The minimum atomic E-state index is -0.0140. The van der Waals surface area contributed by atoms with Crippen LogP contribution in [0.4, 0.5) is 0 Å². The first-order valence-corrected chi connectivity index (χ1v) is 5.63. The van der Waals surface area contributed by atoms with Gasteiger partial charge in [-0.1, -0.05) is 23.4 Å². The fourth-order valence-corrected chi connectivity index (χ4v) is 1.88. The summed E-state index contributed by atoms with van der Waals surface area (Å²) in [6, 6.07) is 10.2. The standard InChI is InChI=1S/C13H18N2O/c1-10-13(2,3)15(4)12(16-14-10)11-8-6-5-7-9-11/h5-9,12H,1-4H3/p+1/t12-/m1/s1. The van der Waals surface area contributed by atoms with Gasteiger partial charge in [0.2, 0.25) is 0 Å². The number of oxime groups is 1. The second-order valence-corrected chi connectivity index (χ2v) is 4.88. The monoisotopic (exact) mass is 219 g/mol. The quantitative estimate of drug-likeness (QED) is 0.759. The molecule has 1 aromatic carbocycles. The second kappa shape index (κ2) is 3.91. The van der Waals surface area contributed by atoms with Gasteiger partial charge in [0.25, 0.3) is 6.23 Å². The van der Waals surface area contributed by atoms with Crippen LogP contribution in [-0.2, 0) is 4.84 Å². The molecular weight excluding hydrogens is 200 g/mol. The van der Waals surface area contributed by atoms with Crippen molar-refractivity contribution in [2.24, 2.45) is 5.16 Å². The van der Waals surface area contributed by atoms with Crippen molar-refractivity contribution in [1.29, 1.82) is 0 Å². The van der Waals surface area contributed by atoms with Crippen molar-refractivity contribution in [3.8, 4) is 0 Å². The highest BCUT2D eigenvalue weighted by Crippen LogP contribution is 2.18. The number of rotatable bonds is 1. The van der Waals surface area contributed by atoms with Crippen LogP contribution in [0, 0.1) is 0 Å². The van der Waals surface area contributed by atoms with E-state index in [2.05, 4.69) is 38.2 Å². The molecule has 3 heteroatoms. The second-order valence-electron chi connectivity index (χ2n) is 4.88. The van der Waals surface area contributed by atoms with Crippen LogP contribution < -0.4 is 4.90 Å². The summed E-state index contributed by atoms with van der Waals surface area (Å²) in [6.07, 6.45) is -0.0140. The number of nitrogens with one attached hydrogen (secondary N) is 1. The van der Waals surface area contributed by atoms with Crippen LogP contribution in [0.1, 0.15) is 32.6 Å². The van der Waals surface area contributed by atoms with E-state index in [1.165, 1.54) is 10.5 Å². The molecule has 0 saturated carbocycles. The molecule has 0 bridgehead atoms. The minimum Gasteiger partial charge on any atom is -0.333 e. The van der Waals surface area contributed by atoms with E-state index in [-0.39, 0.29) is 11.8 Å². The van der Waals surface area contributed by atoms with E-state index in [0.29, 0.717) is 0 Å². The van der Waals surface area contributed by atoms with Crippen LogP contribution in [-0.4, -0.2) is 18.3 Å². The summed E-state index contributed by atoms with van der Waals surface area (Å²) in [4.78, 5) is 6.89. The zero-order valence-electron chi connectivity index (χ0n) is 10.3. The SMILES string of the molecule is CC1=NO[C@H](c2ccccc2)[NH+](C)C1(C)C. The van der Waals surface area contributed by atoms with E-state index >= 15 is 0 Å². The van der Waals surface area contributed by atoms with Crippen LogP contribution in [0.5, 0.6) is 0 Å². The van der Waals surface area contributed by atoms with Crippen LogP contribution in [0.15, 0.2) is 35.5 Å². The smallest absolute Gasteiger partial charge is 0.283 e. The molecule has 0 aromatic heterocycles. The molecule has 1 aliphatic rings. The van der Waals surface area contributed by atoms with Gasteiger partial charge in [-0.25, -0.2) is 0 Å². The van der Waals surface area contributed by atoms with Gasteiger partial charge < -0.3 is 4.84 Å². The molecule has 0 spiro atoms. The highest BCUT2D eigenvalue weighted by atomic mass is 16.7. The van der Waals surface area contributed by atoms with E-state index in [9.17, 15) is 0 Å². The molecule has 2 atom stereocenters. The van der Waals surface area contributed by atoms with Crippen LogP contribution in [0.25, 0.3) is 0 Å². The summed E-state index contributed by atoms with van der Waals surface area (Å²) in [5, 5.41) is 4.19. The maximum Gasteiger partial charge on any atom is 0.283 e. The molecule has 0 amide bonds. The average Bonchev–Trinajstić information content (AvgIpc) is 2.28. The van der Waals surface area contributed by atoms with Crippen molar-refractivity contribution in [3.63, 3.8) is 0 Å². The lowest BCUT2D eigenvalue weighted by Gasteiger charge is -2.39. The number of quaternary nitrogens is 1. The maximum absolute atomic E-state index is 5.58. The first-order valence-electron chi connectivity index (χ1n) is 5.63. The summed E-state index contributed by atoms with van der Waals surface area (Å²) in [7, 11) is 2.15. The molecule has 0 saturated heterocycles. The molecule has 86 valence electrons. The fourth-order valence-electron chi connectivity index (χ4n) is 1.88. The van der Waals surface area contributed by atoms with Gasteiger partial charge in [-0.2, -0.15) is 0 Å². The zero-order chi connectivity index (χ0) is 11.8. The fraction of sp³-hybridized carbons (Fsp3) is 0.462. The molecule has 3 nitrogen and oxygen atoms in total. The first-order chi connectivity index (χ1) is 7.53. The summed E-state index contributed by atoms with van der Waals surface area (Å²) in [5.41, 5.74) is 2.22. The van der Waals surface area contributed by atoms with Gasteiger partial charge in [0.15, 0.2) is 0 Å². The molecule has 0 aliphatic carbocycles. The predicted molar refractivity (Wildman–Crippen MR) is 64.3 cm³/mol. The molecular formula is C13H19N2O+. The highest BCUT2D eigenvalue weighted by molar-refractivity contribution is 5.89. The normalized spacial score (nSPS) is 28.1. The Labute approximate surface area is 96.7 Å². The summed E-state index contributed by atoms with van der Waals surface area (Å²) < 4.78 is 0. The topological polar surface area (TPSA) is 26.0 Å². The zero-order valence-corrected chi connectivity index (χ0v) is 10.3. The molecule has 2 rings (SSSR count). The molecule has 1 aromatic rings. The Morgan fingerprint density at radius 1 is 1.25 bits per heavy atom. The molecule has 1 unspecified atom stereocenters. The van der Waals surface area contributed by atoms with Crippen molar-refractivity contribution in [2.75, 3.05) is 7.05 Å². The van der Waals surface area contributed by atoms with Crippen LogP contribution >= 0.6 is 0 Å². The van der Waals surface area contributed by atoms with Gasteiger partial charge >= 0.3 is 0 Å². The van der Waals surface area contributed by atoms with Gasteiger partial charge in [-0.15, -0.1) is 0 Å². The number of hydrogen-bond acceptors (Lipinski definition) is 2. The molecule has 0 fully saturated rings. The minimum absolute atomic E-state index is 0.0127. The van der Waals surface area contributed by atoms with Crippen molar-refractivity contribution in [2.45, 2.75) is 32.5 Å². The Morgan fingerprint density at radius 2 is 1.88 bits per heavy atom. The first kappa shape index (κ1) is 11.1. The van der Waals surface area contributed by atoms with Crippen molar-refractivity contribution < 1.29 is 9.74 Å². The van der Waals surface area contributed by atoms with E-state index in [0.717, 1.165) is 5.71 Å². The Balaban J connectivity index is 2.33. The lowest BCUT2D eigenvalue weighted by molar-refractivity contribution is -0.975. The highest BCUT2D eigenvalue weighted by Gasteiger charge is 2.42. The van der Waals surface area contributed by atoms with E-state index in [4.69, 9.17) is 4.84 Å². The summed E-state index contributed by atoms with van der Waals surface area (Å²) in [6.45, 7) is 6.41. The summed E-state index contributed by atoms with van der Waals surface area (Å²) in [5.74, 6) is 0. The Bertz CT molecular complexity index is 398. The van der Waals surface area contributed by atoms with E-state index in [1.54, 1.807) is 0 Å². The van der Waals surface area contributed by atoms with Crippen molar-refractivity contribution >= 4 is 5.71 Å². The van der Waals surface area contributed by atoms with Gasteiger partial charge in [0, 0.05) is 0 Å². The van der Waals surface area contributed by atoms with Gasteiger partial charge in [-0.05, 0) is 32.9 Å². The van der Waals surface area contributed by atoms with E-state index < -0.39 is 0 Å². The van der Waals surface area contributed by atoms with Crippen molar-refractivity contribution in [1.82, 2.24) is 0 Å². The molecule has 0 radical (unpaired) electrons. The van der Waals surface area contributed by atoms with E-state index in [1.807, 2.05) is 25.1 Å². The third kappa shape index (κ3) is 1.71. The molecule has 16 heavy (non-hydrogen) atoms. The Morgan fingerprint density at radius 3 is 2.50 bits per heavy atom. The van der Waals surface area contributed by atoms with Crippen LogP contribution in [0.2, 0.25) is 0 Å². The largest absolute Gasteiger partial charge is 0.333 e. The summed E-state index contributed by atoms with van der Waals surface area (Å²) >= 11 is 0. The lowest BCUT2D eigenvalue weighted by Crippen LogP contribution is -3.19. The average molecular weight is 219 g/mol. The number of benzene rings is 1. The molecule has 1 aliphatic heterocycles. The predicted octanol–water partition coefficient (Wildman–Crippen LogP) is 1.38. The third-order valence-corrected chi connectivity index (χ3v) is 3.68. The van der Waals surface area contributed by atoms with Crippen LogP contribution in [0.3, 0.4) is 0 Å². The molecule has 1 heterocycles. The lowest BCUT2D eigenvalue weighted by atomic mass is 9.95. The van der Waals surface area contributed by atoms with Gasteiger partial charge in [0.1, 0.15) is 11.3 Å². The van der Waals surface area contributed by atoms with Crippen molar-refractivity contribution in [3.05, 3.63) is 35.9 Å². The maximum atomic E-state index is 5.58. The molecule has 1 N–H and O–H groups in total. The van der Waals surface area contributed by atoms with Gasteiger partial charge in [0.05, 0.1) is 12.6 Å². The third-order valence-electron chi connectivity index (χ3n) is 3.68. The number of hydrogen-bond donors (Lipinski definition) is 1.